The van der Waals surface area contributed by atoms with Crippen molar-refractivity contribution in [2.45, 2.75) is 37.6 Å². The van der Waals surface area contributed by atoms with Crippen LogP contribution < -0.4 is 19.5 Å². The van der Waals surface area contributed by atoms with E-state index < -0.39 is 21.9 Å². The molecule has 0 spiro atoms. The number of carbonyl (C=O) groups excluding carboxylic acids is 1. The molecule has 9 heteroatoms. The zero-order valence-corrected chi connectivity index (χ0v) is 19.0. The Morgan fingerprint density at radius 3 is 2.32 bits per heavy atom. The molecule has 0 aliphatic rings. The molecule has 0 radical (unpaired) electrons. The van der Waals surface area contributed by atoms with Gasteiger partial charge in [0.25, 0.3) is 0 Å². The monoisotopic (exact) mass is 452 g/mol. The van der Waals surface area contributed by atoms with E-state index in [-0.39, 0.29) is 17.2 Å². The lowest BCUT2D eigenvalue weighted by molar-refractivity contribution is -0.121. The zero-order valence-electron chi connectivity index (χ0n) is 18.1. The molecule has 2 rings (SSSR count). The van der Waals surface area contributed by atoms with Gasteiger partial charge in [0.05, 0.1) is 25.2 Å². The van der Waals surface area contributed by atoms with Crippen LogP contribution in [0.4, 0.5) is 4.39 Å². The van der Waals surface area contributed by atoms with Gasteiger partial charge in [-0.05, 0) is 42.7 Å². The van der Waals surface area contributed by atoms with Crippen molar-refractivity contribution >= 4 is 15.9 Å². The number of rotatable bonds is 11. The van der Waals surface area contributed by atoms with Crippen LogP contribution in [0.15, 0.2) is 47.4 Å². The normalized spacial score (nSPS) is 12.5. The molecule has 0 saturated heterocycles. The predicted octanol–water partition coefficient (Wildman–Crippen LogP) is 3.41. The lowest BCUT2D eigenvalue weighted by Crippen LogP contribution is -2.34. The highest BCUT2D eigenvalue weighted by molar-refractivity contribution is 7.89. The van der Waals surface area contributed by atoms with E-state index in [1.54, 1.807) is 18.2 Å². The summed E-state index contributed by atoms with van der Waals surface area (Å²) in [7, 11) is -1.13. The fourth-order valence-corrected chi connectivity index (χ4v) is 4.24. The van der Waals surface area contributed by atoms with E-state index in [0.29, 0.717) is 29.5 Å². The minimum atomic E-state index is -4.04. The van der Waals surface area contributed by atoms with Crippen LogP contribution in [0.5, 0.6) is 11.5 Å². The van der Waals surface area contributed by atoms with Gasteiger partial charge >= 0.3 is 0 Å². The summed E-state index contributed by atoms with van der Waals surface area (Å²) in [5.74, 6) is 0.302. The molecule has 31 heavy (non-hydrogen) atoms. The molecule has 0 aromatic heterocycles. The highest BCUT2D eigenvalue weighted by atomic mass is 32.2. The Kier molecular flexibility index (Phi) is 8.82. The lowest BCUT2D eigenvalue weighted by Gasteiger charge is -2.22. The molecule has 170 valence electrons. The van der Waals surface area contributed by atoms with Gasteiger partial charge in [0.2, 0.25) is 15.9 Å². The van der Waals surface area contributed by atoms with Crippen LogP contribution in [0, 0.1) is 11.7 Å². The molecular formula is C22H29FN2O5S. The number of benzene rings is 2. The standard InChI is InChI=1S/C22H29FN2O5S/c1-15(2)12-13-24-21(26)14-19(18-6-5-7-20(29-3)22(18)30-4)25-31(27,28)17-10-8-16(23)9-11-17/h5-11,15,19,25H,12-14H2,1-4H3,(H,24,26). The van der Waals surface area contributed by atoms with Gasteiger partial charge in [-0.25, -0.2) is 17.5 Å². The Bertz CT molecular complexity index is 978. The number of ether oxygens (including phenoxy) is 2. The Morgan fingerprint density at radius 1 is 1.06 bits per heavy atom. The summed E-state index contributed by atoms with van der Waals surface area (Å²) in [6.07, 6.45) is 0.655. The van der Waals surface area contributed by atoms with E-state index in [1.165, 1.54) is 26.4 Å². The number of methoxy groups -OCH3 is 2. The minimum absolute atomic E-state index is 0.110. The number of amides is 1. The predicted molar refractivity (Wildman–Crippen MR) is 116 cm³/mol. The van der Waals surface area contributed by atoms with E-state index >= 15 is 0 Å². The molecular weight excluding hydrogens is 423 g/mol. The summed E-state index contributed by atoms with van der Waals surface area (Å²) in [4.78, 5) is 12.5. The van der Waals surface area contributed by atoms with Crippen LogP contribution in [-0.4, -0.2) is 35.1 Å². The Morgan fingerprint density at radius 2 is 1.74 bits per heavy atom. The van der Waals surface area contributed by atoms with Crippen LogP contribution in [-0.2, 0) is 14.8 Å². The molecule has 0 heterocycles. The maximum atomic E-state index is 13.2. The van der Waals surface area contributed by atoms with E-state index in [1.807, 2.05) is 13.8 Å². The highest BCUT2D eigenvalue weighted by Gasteiger charge is 2.27. The summed E-state index contributed by atoms with van der Waals surface area (Å²) >= 11 is 0. The average Bonchev–Trinajstić information content (AvgIpc) is 2.72. The molecule has 2 aromatic carbocycles. The van der Waals surface area contributed by atoms with Gasteiger partial charge in [0.15, 0.2) is 11.5 Å². The van der Waals surface area contributed by atoms with E-state index in [9.17, 15) is 17.6 Å². The molecule has 1 atom stereocenters. The van der Waals surface area contributed by atoms with Crippen LogP contribution in [0.3, 0.4) is 0 Å². The van der Waals surface area contributed by atoms with E-state index in [0.717, 1.165) is 18.6 Å². The quantitative estimate of drug-likeness (QED) is 0.545. The summed E-state index contributed by atoms with van der Waals surface area (Å²) < 4.78 is 52.4. The Labute approximate surface area is 183 Å². The molecule has 2 aromatic rings. The fourth-order valence-electron chi connectivity index (χ4n) is 3.03. The van der Waals surface area contributed by atoms with Gasteiger partial charge in [-0.15, -0.1) is 0 Å². The molecule has 7 nitrogen and oxygen atoms in total. The third-order valence-electron chi connectivity index (χ3n) is 4.66. The summed E-state index contributed by atoms with van der Waals surface area (Å²) in [5.41, 5.74) is 0.451. The number of nitrogens with one attached hydrogen (secondary N) is 2. The molecule has 2 N–H and O–H groups in total. The van der Waals surface area contributed by atoms with Crippen molar-refractivity contribution in [1.29, 1.82) is 0 Å². The fraction of sp³-hybridized carbons (Fsp3) is 0.409. The van der Waals surface area contributed by atoms with Crippen molar-refractivity contribution in [3.05, 3.63) is 53.8 Å². The van der Waals surface area contributed by atoms with Gasteiger partial charge in [-0.2, -0.15) is 0 Å². The second-order valence-corrected chi connectivity index (χ2v) is 9.16. The van der Waals surface area contributed by atoms with Crippen molar-refractivity contribution in [3.8, 4) is 11.5 Å². The molecule has 0 aliphatic heterocycles. The molecule has 0 aliphatic carbocycles. The van der Waals surface area contributed by atoms with Crippen molar-refractivity contribution in [1.82, 2.24) is 10.0 Å². The van der Waals surface area contributed by atoms with Gasteiger partial charge in [-0.3, -0.25) is 4.79 Å². The van der Waals surface area contributed by atoms with Crippen LogP contribution in [0.2, 0.25) is 0 Å². The van der Waals surface area contributed by atoms with Gasteiger partial charge in [-0.1, -0.05) is 26.0 Å². The number of para-hydroxylation sites is 1. The SMILES string of the molecule is COc1cccc(C(CC(=O)NCCC(C)C)NS(=O)(=O)c2ccc(F)cc2)c1OC. The smallest absolute Gasteiger partial charge is 0.241 e. The van der Waals surface area contributed by atoms with E-state index in [2.05, 4.69) is 10.0 Å². The van der Waals surface area contributed by atoms with Crippen LogP contribution in [0.1, 0.15) is 38.3 Å². The van der Waals surface area contributed by atoms with Crippen LogP contribution in [0.25, 0.3) is 0 Å². The second-order valence-electron chi connectivity index (χ2n) is 7.45. The number of carbonyl (C=O) groups is 1. The summed E-state index contributed by atoms with van der Waals surface area (Å²) in [5, 5.41) is 2.82. The largest absolute Gasteiger partial charge is 0.493 e. The lowest BCUT2D eigenvalue weighted by atomic mass is 10.0. The highest BCUT2D eigenvalue weighted by Crippen LogP contribution is 2.36. The van der Waals surface area contributed by atoms with Crippen LogP contribution >= 0.6 is 0 Å². The maximum Gasteiger partial charge on any atom is 0.241 e. The van der Waals surface area contributed by atoms with Gasteiger partial charge in [0, 0.05) is 18.5 Å². The van der Waals surface area contributed by atoms with Gasteiger partial charge < -0.3 is 14.8 Å². The van der Waals surface area contributed by atoms with Crippen molar-refractivity contribution < 1.29 is 27.1 Å². The number of hydrogen-bond acceptors (Lipinski definition) is 5. The molecule has 0 saturated carbocycles. The topological polar surface area (TPSA) is 93.7 Å². The molecule has 0 bridgehead atoms. The third kappa shape index (κ3) is 6.93. The first-order valence-corrected chi connectivity index (χ1v) is 11.4. The Balaban J connectivity index is 2.36. The molecule has 1 unspecified atom stereocenters. The second kappa shape index (κ2) is 11.1. The summed E-state index contributed by atoms with van der Waals surface area (Å²) in [6, 6.07) is 8.56. The Hall–Kier alpha value is -2.65. The molecule has 1 amide bonds. The third-order valence-corrected chi connectivity index (χ3v) is 6.15. The van der Waals surface area contributed by atoms with E-state index in [4.69, 9.17) is 9.47 Å². The van der Waals surface area contributed by atoms with Crippen molar-refractivity contribution in [3.63, 3.8) is 0 Å². The maximum absolute atomic E-state index is 13.2. The average molecular weight is 453 g/mol. The van der Waals surface area contributed by atoms with Crippen molar-refractivity contribution in [2.24, 2.45) is 5.92 Å². The number of halogens is 1. The molecule has 0 fully saturated rings. The van der Waals surface area contributed by atoms with Crippen molar-refractivity contribution in [2.75, 3.05) is 20.8 Å². The minimum Gasteiger partial charge on any atom is -0.493 e. The first-order valence-electron chi connectivity index (χ1n) is 9.93. The number of sulfonamides is 1. The van der Waals surface area contributed by atoms with Gasteiger partial charge in [0.1, 0.15) is 5.82 Å². The first-order chi connectivity index (χ1) is 14.7. The first kappa shape index (κ1) is 24.6. The summed E-state index contributed by atoms with van der Waals surface area (Å²) in [6.45, 7) is 4.59. The number of hydrogen-bond donors (Lipinski definition) is 2. The zero-order chi connectivity index (χ0) is 23.0.